The lowest BCUT2D eigenvalue weighted by atomic mass is 10.1. The van der Waals surface area contributed by atoms with Crippen LogP contribution in [-0.2, 0) is 10.0 Å². The van der Waals surface area contributed by atoms with E-state index in [4.69, 9.17) is 0 Å². The first-order valence-corrected chi connectivity index (χ1v) is 8.04. The zero-order valence-corrected chi connectivity index (χ0v) is 11.9. The Morgan fingerprint density at radius 2 is 2.05 bits per heavy atom. The second-order valence-electron chi connectivity index (χ2n) is 4.74. The van der Waals surface area contributed by atoms with E-state index in [1.807, 2.05) is 0 Å². The van der Waals surface area contributed by atoms with E-state index in [-0.39, 0.29) is 11.0 Å². The number of nitrogens with one attached hydrogen (secondary N) is 1. The molecule has 0 spiro atoms. The standard InChI is InChI=1S/C13H20N2O3S/c1-2-14-19(17,18)13-7-5-11(6-8-13)15-9-3-4-12(16)10-15/h5-8,12,14,16H,2-4,9-10H2,1H3. The first-order valence-electron chi connectivity index (χ1n) is 6.55. The maximum absolute atomic E-state index is 11.8. The van der Waals surface area contributed by atoms with Gasteiger partial charge in [-0.2, -0.15) is 0 Å². The summed E-state index contributed by atoms with van der Waals surface area (Å²) in [5.41, 5.74) is 0.953. The van der Waals surface area contributed by atoms with Crippen LogP contribution in [0.1, 0.15) is 19.8 Å². The summed E-state index contributed by atoms with van der Waals surface area (Å²) in [6.45, 7) is 3.64. The van der Waals surface area contributed by atoms with Crippen LogP contribution in [-0.4, -0.2) is 39.3 Å². The van der Waals surface area contributed by atoms with Crippen LogP contribution < -0.4 is 9.62 Å². The van der Waals surface area contributed by atoms with Gasteiger partial charge in [0.15, 0.2) is 0 Å². The SMILES string of the molecule is CCNS(=O)(=O)c1ccc(N2CCCC(O)C2)cc1. The summed E-state index contributed by atoms with van der Waals surface area (Å²) in [5, 5.41) is 9.65. The van der Waals surface area contributed by atoms with Gasteiger partial charge in [0.05, 0.1) is 11.0 Å². The molecule has 2 N–H and O–H groups in total. The average Bonchev–Trinajstić information content (AvgIpc) is 2.39. The van der Waals surface area contributed by atoms with Crippen molar-refractivity contribution in [1.82, 2.24) is 4.72 Å². The highest BCUT2D eigenvalue weighted by atomic mass is 32.2. The van der Waals surface area contributed by atoms with Crippen molar-refractivity contribution in [3.05, 3.63) is 24.3 Å². The Kier molecular flexibility index (Phi) is 4.44. The summed E-state index contributed by atoms with van der Waals surface area (Å²) in [6.07, 6.45) is 1.50. The molecule has 1 heterocycles. The zero-order chi connectivity index (χ0) is 13.9. The molecular weight excluding hydrogens is 264 g/mol. The van der Waals surface area contributed by atoms with Crippen molar-refractivity contribution >= 4 is 15.7 Å². The molecule has 1 atom stereocenters. The molecule has 1 saturated heterocycles. The number of piperidine rings is 1. The number of aliphatic hydroxyl groups is 1. The average molecular weight is 284 g/mol. The lowest BCUT2D eigenvalue weighted by molar-refractivity contribution is 0.154. The molecule has 0 saturated carbocycles. The van der Waals surface area contributed by atoms with Crippen molar-refractivity contribution in [1.29, 1.82) is 0 Å². The molecule has 2 rings (SSSR count). The van der Waals surface area contributed by atoms with Gasteiger partial charge in [0.2, 0.25) is 10.0 Å². The Balaban J connectivity index is 2.14. The van der Waals surface area contributed by atoms with Crippen molar-refractivity contribution in [2.75, 3.05) is 24.5 Å². The van der Waals surface area contributed by atoms with Gasteiger partial charge in [0.1, 0.15) is 0 Å². The third-order valence-electron chi connectivity index (χ3n) is 3.24. The van der Waals surface area contributed by atoms with Crippen LogP contribution >= 0.6 is 0 Å². The highest BCUT2D eigenvalue weighted by Gasteiger charge is 2.19. The van der Waals surface area contributed by atoms with Gasteiger partial charge >= 0.3 is 0 Å². The van der Waals surface area contributed by atoms with Crippen LogP contribution in [0, 0.1) is 0 Å². The van der Waals surface area contributed by atoms with E-state index in [2.05, 4.69) is 9.62 Å². The first-order chi connectivity index (χ1) is 9.03. The zero-order valence-electron chi connectivity index (χ0n) is 11.0. The smallest absolute Gasteiger partial charge is 0.240 e. The molecule has 0 radical (unpaired) electrons. The first kappa shape index (κ1) is 14.3. The number of aliphatic hydroxyl groups excluding tert-OH is 1. The molecule has 6 heteroatoms. The molecule has 1 unspecified atom stereocenters. The van der Waals surface area contributed by atoms with Crippen LogP contribution in [0.5, 0.6) is 0 Å². The summed E-state index contributed by atoms with van der Waals surface area (Å²) < 4.78 is 26.1. The second kappa shape index (κ2) is 5.90. The van der Waals surface area contributed by atoms with Gasteiger partial charge in [-0.05, 0) is 37.1 Å². The normalized spacial score (nSPS) is 20.5. The lowest BCUT2D eigenvalue weighted by Crippen LogP contribution is -2.38. The lowest BCUT2D eigenvalue weighted by Gasteiger charge is -2.32. The molecule has 1 fully saturated rings. The molecule has 1 aliphatic rings. The van der Waals surface area contributed by atoms with Crippen LogP contribution in [0.4, 0.5) is 5.69 Å². The fraction of sp³-hybridized carbons (Fsp3) is 0.538. The van der Waals surface area contributed by atoms with Crippen molar-refractivity contribution in [3.8, 4) is 0 Å². The number of hydrogen-bond donors (Lipinski definition) is 2. The quantitative estimate of drug-likeness (QED) is 0.863. The minimum atomic E-state index is -3.39. The molecular formula is C13H20N2O3S. The van der Waals surface area contributed by atoms with Gasteiger partial charge in [-0.1, -0.05) is 6.92 Å². The summed E-state index contributed by atoms with van der Waals surface area (Å²) in [7, 11) is -3.39. The molecule has 0 bridgehead atoms. The fourth-order valence-corrected chi connectivity index (χ4v) is 3.34. The molecule has 0 aromatic heterocycles. The number of β-amino-alcohol motifs (C(OH)–C–C–N with tert-alkyl or cyclic N) is 1. The van der Waals surface area contributed by atoms with Gasteiger partial charge in [-0.15, -0.1) is 0 Å². The predicted molar refractivity (Wildman–Crippen MR) is 74.8 cm³/mol. The van der Waals surface area contributed by atoms with E-state index in [1.54, 1.807) is 31.2 Å². The third-order valence-corrected chi connectivity index (χ3v) is 4.80. The second-order valence-corrected chi connectivity index (χ2v) is 6.50. The number of sulfonamides is 1. The largest absolute Gasteiger partial charge is 0.391 e. The molecule has 1 aromatic carbocycles. The van der Waals surface area contributed by atoms with E-state index < -0.39 is 10.0 Å². The summed E-state index contributed by atoms with van der Waals surface area (Å²) in [6, 6.07) is 6.80. The van der Waals surface area contributed by atoms with Crippen molar-refractivity contribution < 1.29 is 13.5 Å². The Bertz CT molecular complexity index is 513. The molecule has 5 nitrogen and oxygen atoms in total. The van der Waals surface area contributed by atoms with Crippen LogP contribution in [0.25, 0.3) is 0 Å². The highest BCUT2D eigenvalue weighted by Crippen LogP contribution is 2.21. The molecule has 0 aliphatic carbocycles. The van der Waals surface area contributed by atoms with E-state index in [1.165, 1.54) is 0 Å². The monoisotopic (exact) mass is 284 g/mol. The number of hydrogen-bond acceptors (Lipinski definition) is 4. The minimum absolute atomic E-state index is 0.274. The number of nitrogens with zero attached hydrogens (tertiary/aromatic N) is 1. The maximum atomic E-state index is 11.8. The minimum Gasteiger partial charge on any atom is -0.391 e. The van der Waals surface area contributed by atoms with Gasteiger partial charge in [0, 0.05) is 25.3 Å². The Morgan fingerprint density at radius 1 is 1.37 bits per heavy atom. The van der Waals surface area contributed by atoms with Gasteiger partial charge < -0.3 is 10.0 Å². The fourth-order valence-electron chi connectivity index (χ4n) is 2.30. The Hall–Kier alpha value is -1.11. The molecule has 106 valence electrons. The van der Waals surface area contributed by atoms with E-state index in [0.29, 0.717) is 13.1 Å². The molecule has 0 amide bonds. The third kappa shape index (κ3) is 3.46. The van der Waals surface area contributed by atoms with E-state index >= 15 is 0 Å². The summed E-state index contributed by atoms with van der Waals surface area (Å²) >= 11 is 0. The van der Waals surface area contributed by atoms with Crippen LogP contribution in [0.3, 0.4) is 0 Å². The summed E-state index contributed by atoms with van der Waals surface area (Å²) in [4.78, 5) is 2.35. The molecule has 19 heavy (non-hydrogen) atoms. The summed E-state index contributed by atoms with van der Waals surface area (Å²) in [5.74, 6) is 0. The topological polar surface area (TPSA) is 69.6 Å². The van der Waals surface area contributed by atoms with Crippen LogP contribution in [0.2, 0.25) is 0 Å². The molecule has 1 aromatic rings. The number of benzene rings is 1. The van der Waals surface area contributed by atoms with Crippen molar-refractivity contribution in [2.45, 2.75) is 30.8 Å². The van der Waals surface area contributed by atoms with Crippen molar-refractivity contribution in [3.63, 3.8) is 0 Å². The Morgan fingerprint density at radius 3 is 2.63 bits per heavy atom. The number of rotatable bonds is 4. The van der Waals surface area contributed by atoms with Crippen molar-refractivity contribution in [2.24, 2.45) is 0 Å². The predicted octanol–water partition coefficient (Wildman–Crippen LogP) is 0.946. The maximum Gasteiger partial charge on any atom is 0.240 e. The molecule has 1 aliphatic heterocycles. The van der Waals surface area contributed by atoms with Gasteiger partial charge in [-0.25, -0.2) is 13.1 Å². The van der Waals surface area contributed by atoms with E-state index in [9.17, 15) is 13.5 Å². The number of anilines is 1. The van der Waals surface area contributed by atoms with Gasteiger partial charge in [-0.3, -0.25) is 0 Å². The highest BCUT2D eigenvalue weighted by molar-refractivity contribution is 7.89. The van der Waals surface area contributed by atoms with E-state index in [0.717, 1.165) is 25.1 Å². The van der Waals surface area contributed by atoms with Gasteiger partial charge in [0.25, 0.3) is 0 Å². The van der Waals surface area contributed by atoms with Crippen LogP contribution in [0.15, 0.2) is 29.2 Å². The Labute approximate surface area is 114 Å².